The summed E-state index contributed by atoms with van der Waals surface area (Å²) in [5.74, 6) is 1.65. The molecule has 2 rings (SSSR count). The molecular formula is C16H20ClN3O. The molecule has 5 heteroatoms. The van der Waals surface area contributed by atoms with Gasteiger partial charge in [-0.3, -0.25) is 0 Å². The minimum absolute atomic E-state index is 0.531. The zero-order valence-corrected chi connectivity index (χ0v) is 12.9. The van der Waals surface area contributed by atoms with Gasteiger partial charge in [-0.1, -0.05) is 23.7 Å². The Kier molecular flexibility index (Phi) is 6.16. The Labute approximate surface area is 130 Å². The van der Waals surface area contributed by atoms with Crippen molar-refractivity contribution < 1.29 is 4.42 Å². The molecule has 1 aromatic heterocycles. The van der Waals surface area contributed by atoms with Crippen LogP contribution in [0, 0.1) is 0 Å². The van der Waals surface area contributed by atoms with Crippen molar-refractivity contribution >= 4 is 17.6 Å². The monoisotopic (exact) mass is 305 g/mol. The second kappa shape index (κ2) is 8.37. The molecule has 0 fully saturated rings. The maximum atomic E-state index is 5.87. The predicted octanol–water partition coefficient (Wildman–Crippen LogP) is 3.23. The molecule has 0 radical (unpaired) electrons. The van der Waals surface area contributed by atoms with Crippen LogP contribution in [0.2, 0.25) is 5.02 Å². The van der Waals surface area contributed by atoms with Gasteiger partial charge >= 0.3 is 0 Å². The molecule has 0 bridgehead atoms. The summed E-state index contributed by atoms with van der Waals surface area (Å²) in [4.78, 5) is 4.48. The molecule has 0 saturated heterocycles. The van der Waals surface area contributed by atoms with Crippen LogP contribution in [0.3, 0.4) is 0 Å². The predicted molar refractivity (Wildman–Crippen MR) is 86.7 cm³/mol. The average Bonchev–Trinajstić information content (AvgIpc) is 3.00. The van der Waals surface area contributed by atoms with Gasteiger partial charge in [0.25, 0.3) is 0 Å². The molecule has 0 spiro atoms. The van der Waals surface area contributed by atoms with Crippen molar-refractivity contribution in [3.8, 4) is 0 Å². The number of furan rings is 1. The van der Waals surface area contributed by atoms with E-state index in [0.29, 0.717) is 6.54 Å². The van der Waals surface area contributed by atoms with E-state index in [-0.39, 0.29) is 0 Å². The average molecular weight is 306 g/mol. The Balaban J connectivity index is 1.82. The van der Waals surface area contributed by atoms with Crippen LogP contribution in [0.4, 0.5) is 0 Å². The molecule has 4 nitrogen and oxygen atoms in total. The summed E-state index contributed by atoms with van der Waals surface area (Å²) in [7, 11) is 0. The van der Waals surface area contributed by atoms with Gasteiger partial charge in [0.05, 0.1) is 6.26 Å². The molecule has 0 aliphatic heterocycles. The third kappa shape index (κ3) is 5.52. The van der Waals surface area contributed by atoms with E-state index in [2.05, 4.69) is 15.6 Å². The van der Waals surface area contributed by atoms with Gasteiger partial charge in [-0.05, 0) is 43.2 Å². The lowest BCUT2D eigenvalue weighted by Gasteiger charge is -2.11. The zero-order chi connectivity index (χ0) is 14.9. The topological polar surface area (TPSA) is 49.6 Å². The molecule has 2 aromatic rings. The number of rotatable bonds is 6. The van der Waals surface area contributed by atoms with Crippen molar-refractivity contribution in [1.82, 2.24) is 10.6 Å². The van der Waals surface area contributed by atoms with Gasteiger partial charge in [-0.25, -0.2) is 4.99 Å². The third-order valence-electron chi connectivity index (χ3n) is 2.94. The highest BCUT2D eigenvalue weighted by atomic mass is 35.5. The van der Waals surface area contributed by atoms with Crippen LogP contribution in [-0.4, -0.2) is 19.0 Å². The van der Waals surface area contributed by atoms with E-state index in [0.717, 1.165) is 36.3 Å². The van der Waals surface area contributed by atoms with E-state index in [1.54, 1.807) is 6.26 Å². The number of benzene rings is 1. The number of nitrogens with zero attached hydrogens (tertiary/aromatic N) is 1. The molecule has 2 N–H and O–H groups in total. The molecule has 21 heavy (non-hydrogen) atoms. The Bertz CT molecular complexity index is 549. The van der Waals surface area contributed by atoms with Crippen LogP contribution in [-0.2, 0) is 13.0 Å². The first-order valence-corrected chi connectivity index (χ1v) is 7.44. The van der Waals surface area contributed by atoms with Crippen molar-refractivity contribution in [3.63, 3.8) is 0 Å². The SMILES string of the molecule is CCNC(=NCc1ccco1)NCCc1ccc(Cl)cc1. The number of hydrogen-bond donors (Lipinski definition) is 2. The Hall–Kier alpha value is -1.94. The molecule has 0 atom stereocenters. The highest BCUT2D eigenvalue weighted by molar-refractivity contribution is 6.30. The molecule has 0 amide bonds. The Morgan fingerprint density at radius 2 is 2.00 bits per heavy atom. The van der Waals surface area contributed by atoms with E-state index in [9.17, 15) is 0 Å². The molecule has 1 aromatic carbocycles. The summed E-state index contributed by atoms with van der Waals surface area (Å²) in [5.41, 5.74) is 1.24. The molecule has 0 aliphatic rings. The first-order valence-electron chi connectivity index (χ1n) is 7.07. The highest BCUT2D eigenvalue weighted by Gasteiger charge is 1.99. The lowest BCUT2D eigenvalue weighted by Crippen LogP contribution is -2.38. The molecule has 0 saturated carbocycles. The molecule has 0 aliphatic carbocycles. The van der Waals surface area contributed by atoms with Gasteiger partial charge in [-0.15, -0.1) is 0 Å². The second-order valence-electron chi connectivity index (χ2n) is 4.58. The van der Waals surface area contributed by atoms with Gasteiger partial charge in [-0.2, -0.15) is 0 Å². The zero-order valence-electron chi connectivity index (χ0n) is 12.1. The number of halogens is 1. The fourth-order valence-corrected chi connectivity index (χ4v) is 2.00. The van der Waals surface area contributed by atoms with Gasteiger partial charge in [0.15, 0.2) is 5.96 Å². The van der Waals surface area contributed by atoms with Gasteiger partial charge < -0.3 is 15.1 Å². The smallest absolute Gasteiger partial charge is 0.191 e. The van der Waals surface area contributed by atoms with Crippen molar-refractivity contribution in [1.29, 1.82) is 0 Å². The summed E-state index contributed by atoms with van der Waals surface area (Å²) in [6.45, 7) is 4.21. The van der Waals surface area contributed by atoms with Crippen molar-refractivity contribution in [3.05, 3.63) is 59.0 Å². The molecule has 112 valence electrons. The molecule has 0 unspecified atom stereocenters. The Morgan fingerprint density at radius 1 is 1.19 bits per heavy atom. The largest absolute Gasteiger partial charge is 0.467 e. The van der Waals surface area contributed by atoms with Crippen LogP contribution in [0.1, 0.15) is 18.2 Å². The van der Waals surface area contributed by atoms with Gasteiger partial charge in [0, 0.05) is 18.1 Å². The first-order chi connectivity index (χ1) is 10.3. The van der Waals surface area contributed by atoms with Crippen molar-refractivity contribution in [2.75, 3.05) is 13.1 Å². The normalized spacial score (nSPS) is 11.4. The van der Waals surface area contributed by atoms with E-state index >= 15 is 0 Å². The number of aliphatic imine (C=N–C) groups is 1. The van der Waals surface area contributed by atoms with E-state index in [1.165, 1.54) is 5.56 Å². The molecular weight excluding hydrogens is 286 g/mol. The van der Waals surface area contributed by atoms with Gasteiger partial charge in [0.2, 0.25) is 0 Å². The van der Waals surface area contributed by atoms with E-state index in [1.807, 2.05) is 43.3 Å². The maximum absolute atomic E-state index is 5.87. The molecule has 1 heterocycles. The summed E-state index contributed by atoms with van der Waals surface area (Å²) in [5, 5.41) is 7.29. The highest BCUT2D eigenvalue weighted by Crippen LogP contribution is 2.09. The van der Waals surface area contributed by atoms with E-state index in [4.69, 9.17) is 16.0 Å². The second-order valence-corrected chi connectivity index (χ2v) is 5.01. The minimum atomic E-state index is 0.531. The maximum Gasteiger partial charge on any atom is 0.191 e. The van der Waals surface area contributed by atoms with Crippen LogP contribution >= 0.6 is 11.6 Å². The van der Waals surface area contributed by atoms with Crippen LogP contribution in [0.15, 0.2) is 52.1 Å². The van der Waals surface area contributed by atoms with Crippen LogP contribution in [0.25, 0.3) is 0 Å². The summed E-state index contributed by atoms with van der Waals surface area (Å²) < 4.78 is 5.27. The Morgan fingerprint density at radius 3 is 2.67 bits per heavy atom. The van der Waals surface area contributed by atoms with E-state index < -0.39 is 0 Å². The summed E-state index contributed by atoms with van der Waals surface area (Å²) in [6, 6.07) is 11.7. The lowest BCUT2D eigenvalue weighted by molar-refractivity contribution is 0.512. The summed E-state index contributed by atoms with van der Waals surface area (Å²) in [6.07, 6.45) is 2.58. The first kappa shape index (κ1) is 15.4. The summed E-state index contributed by atoms with van der Waals surface area (Å²) >= 11 is 5.87. The fourth-order valence-electron chi connectivity index (χ4n) is 1.88. The fraction of sp³-hybridized carbons (Fsp3) is 0.312. The lowest BCUT2D eigenvalue weighted by atomic mass is 10.1. The van der Waals surface area contributed by atoms with Crippen LogP contribution in [0.5, 0.6) is 0 Å². The number of nitrogens with one attached hydrogen (secondary N) is 2. The quantitative estimate of drug-likeness (QED) is 0.636. The van der Waals surface area contributed by atoms with Crippen molar-refractivity contribution in [2.45, 2.75) is 19.9 Å². The number of hydrogen-bond acceptors (Lipinski definition) is 2. The standard InChI is InChI=1S/C16H20ClN3O/c1-2-18-16(20-12-15-4-3-11-21-15)19-10-9-13-5-7-14(17)8-6-13/h3-8,11H,2,9-10,12H2,1H3,(H2,18,19,20). The third-order valence-corrected chi connectivity index (χ3v) is 3.19. The van der Waals surface area contributed by atoms with Gasteiger partial charge in [0.1, 0.15) is 12.3 Å². The van der Waals surface area contributed by atoms with Crippen molar-refractivity contribution in [2.24, 2.45) is 4.99 Å². The number of guanidine groups is 1. The van der Waals surface area contributed by atoms with Crippen LogP contribution < -0.4 is 10.6 Å². The minimum Gasteiger partial charge on any atom is -0.467 e.